The van der Waals surface area contributed by atoms with Gasteiger partial charge in [-0.2, -0.15) is 0 Å². The van der Waals surface area contributed by atoms with Crippen molar-refractivity contribution < 1.29 is 9.47 Å². The minimum atomic E-state index is 0.285. The molecule has 0 bridgehead atoms. The molecule has 0 aliphatic carbocycles. The number of hydrogen-bond donors (Lipinski definition) is 0. The topological polar surface area (TPSA) is 18.5 Å². The summed E-state index contributed by atoms with van der Waals surface area (Å²) in [6.07, 6.45) is 7.75. The molecule has 1 saturated heterocycles. The Bertz CT molecular complexity index is 364. The smallest absolute Gasteiger partial charge is 0.119 e. The Kier molecular flexibility index (Phi) is 6.38. The highest BCUT2D eigenvalue weighted by atomic mass is 16.5. The first-order chi connectivity index (χ1) is 9.83. The van der Waals surface area contributed by atoms with Gasteiger partial charge in [0.15, 0.2) is 0 Å². The molecule has 2 rings (SSSR count). The molecule has 0 radical (unpaired) electrons. The van der Waals surface area contributed by atoms with Crippen LogP contribution in [0.2, 0.25) is 0 Å². The van der Waals surface area contributed by atoms with Crippen molar-refractivity contribution in [2.75, 3.05) is 13.2 Å². The minimum Gasteiger partial charge on any atom is -0.494 e. The van der Waals surface area contributed by atoms with Gasteiger partial charge in [0.25, 0.3) is 0 Å². The van der Waals surface area contributed by atoms with Gasteiger partial charge in [-0.15, -0.1) is 0 Å². The van der Waals surface area contributed by atoms with Crippen molar-refractivity contribution >= 4 is 0 Å². The van der Waals surface area contributed by atoms with E-state index in [1.807, 2.05) is 0 Å². The van der Waals surface area contributed by atoms with Crippen LogP contribution in [0.15, 0.2) is 24.3 Å². The van der Waals surface area contributed by atoms with Crippen molar-refractivity contribution in [3.05, 3.63) is 29.8 Å². The average molecular weight is 276 g/mol. The van der Waals surface area contributed by atoms with Crippen LogP contribution in [0.1, 0.15) is 64.0 Å². The third-order valence-electron chi connectivity index (χ3n) is 4.06. The molecule has 20 heavy (non-hydrogen) atoms. The number of unbranched alkanes of at least 4 members (excludes halogenated alkanes) is 1. The van der Waals surface area contributed by atoms with Crippen molar-refractivity contribution in [3.63, 3.8) is 0 Å². The minimum absolute atomic E-state index is 0.285. The van der Waals surface area contributed by atoms with E-state index in [-0.39, 0.29) is 6.10 Å². The highest BCUT2D eigenvalue weighted by molar-refractivity contribution is 5.28. The van der Waals surface area contributed by atoms with Gasteiger partial charge in [-0.1, -0.05) is 38.8 Å². The van der Waals surface area contributed by atoms with E-state index in [0.717, 1.165) is 37.7 Å². The van der Waals surface area contributed by atoms with Crippen molar-refractivity contribution in [2.24, 2.45) is 5.92 Å². The summed E-state index contributed by atoms with van der Waals surface area (Å²) in [6, 6.07) is 8.44. The molecule has 0 aromatic heterocycles. The van der Waals surface area contributed by atoms with Crippen LogP contribution in [0, 0.1) is 5.92 Å². The first kappa shape index (κ1) is 15.4. The fourth-order valence-corrected chi connectivity index (χ4v) is 2.79. The van der Waals surface area contributed by atoms with Crippen LogP contribution in [0.25, 0.3) is 0 Å². The molecule has 1 fully saturated rings. The Balaban J connectivity index is 1.81. The van der Waals surface area contributed by atoms with Crippen LogP contribution in [-0.4, -0.2) is 13.2 Å². The summed E-state index contributed by atoms with van der Waals surface area (Å²) in [7, 11) is 0. The maximum atomic E-state index is 6.05. The third kappa shape index (κ3) is 4.52. The van der Waals surface area contributed by atoms with E-state index in [1.54, 1.807) is 0 Å². The fraction of sp³-hybridized carbons (Fsp3) is 0.667. The van der Waals surface area contributed by atoms with Gasteiger partial charge in [-0.3, -0.25) is 0 Å². The Morgan fingerprint density at radius 3 is 2.50 bits per heavy atom. The second-order valence-corrected chi connectivity index (χ2v) is 5.83. The molecule has 1 aromatic rings. The lowest BCUT2D eigenvalue weighted by Gasteiger charge is -2.29. The molecular formula is C18H28O2. The molecule has 1 aliphatic rings. The summed E-state index contributed by atoms with van der Waals surface area (Å²) in [6.45, 7) is 6.10. The second-order valence-electron chi connectivity index (χ2n) is 5.83. The maximum Gasteiger partial charge on any atom is 0.119 e. The Morgan fingerprint density at radius 1 is 1.10 bits per heavy atom. The molecule has 1 aromatic carbocycles. The Hall–Kier alpha value is -1.02. The van der Waals surface area contributed by atoms with Gasteiger partial charge in [-0.25, -0.2) is 0 Å². The second kappa shape index (κ2) is 8.31. The standard InChI is InChI=1S/C18H28O2/c1-3-5-6-15-7-12-18(20-14-15)16-8-10-17(11-9-16)19-13-4-2/h8-11,15,18H,3-7,12-14H2,1-2H3. The number of rotatable bonds is 7. The number of benzene rings is 1. The van der Waals surface area contributed by atoms with Crippen LogP contribution < -0.4 is 4.74 Å². The molecule has 112 valence electrons. The zero-order chi connectivity index (χ0) is 14.2. The van der Waals surface area contributed by atoms with E-state index in [9.17, 15) is 0 Å². The van der Waals surface area contributed by atoms with Crippen LogP contribution in [0.4, 0.5) is 0 Å². The van der Waals surface area contributed by atoms with E-state index in [0.29, 0.717) is 0 Å². The van der Waals surface area contributed by atoms with Crippen LogP contribution in [-0.2, 0) is 4.74 Å². The molecule has 1 aliphatic heterocycles. The molecular weight excluding hydrogens is 248 g/mol. The zero-order valence-corrected chi connectivity index (χ0v) is 12.9. The fourth-order valence-electron chi connectivity index (χ4n) is 2.79. The Labute approximate surface area is 123 Å². The zero-order valence-electron chi connectivity index (χ0n) is 12.9. The van der Waals surface area contributed by atoms with E-state index in [4.69, 9.17) is 9.47 Å². The summed E-state index contributed by atoms with van der Waals surface area (Å²) in [5.41, 5.74) is 1.29. The number of ether oxygens (including phenoxy) is 2. The predicted molar refractivity (Wildman–Crippen MR) is 83.2 cm³/mol. The van der Waals surface area contributed by atoms with Crippen LogP contribution in [0.5, 0.6) is 5.75 Å². The van der Waals surface area contributed by atoms with Crippen molar-refractivity contribution in [2.45, 2.75) is 58.5 Å². The van der Waals surface area contributed by atoms with Gasteiger partial charge in [-0.05, 0) is 49.3 Å². The maximum absolute atomic E-state index is 6.05. The first-order valence-electron chi connectivity index (χ1n) is 8.17. The highest BCUT2D eigenvalue weighted by Gasteiger charge is 2.22. The molecule has 2 atom stereocenters. The van der Waals surface area contributed by atoms with Crippen molar-refractivity contribution in [1.29, 1.82) is 0 Å². The van der Waals surface area contributed by atoms with E-state index in [2.05, 4.69) is 38.1 Å². The summed E-state index contributed by atoms with van der Waals surface area (Å²) in [5.74, 6) is 1.74. The molecule has 0 amide bonds. The van der Waals surface area contributed by atoms with Gasteiger partial charge in [0.05, 0.1) is 19.3 Å². The lowest BCUT2D eigenvalue weighted by atomic mass is 9.91. The van der Waals surface area contributed by atoms with Gasteiger partial charge in [0.2, 0.25) is 0 Å². The summed E-state index contributed by atoms with van der Waals surface area (Å²) in [5, 5.41) is 0. The molecule has 2 heteroatoms. The van der Waals surface area contributed by atoms with Crippen molar-refractivity contribution in [3.8, 4) is 5.75 Å². The third-order valence-corrected chi connectivity index (χ3v) is 4.06. The monoisotopic (exact) mass is 276 g/mol. The number of hydrogen-bond acceptors (Lipinski definition) is 2. The molecule has 0 N–H and O–H groups in total. The molecule has 1 heterocycles. The van der Waals surface area contributed by atoms with Gasteiger partial charge in [0, 0.05) is 0 Å². The van der Waals surface area contributed by atoms with Crippen LogP contribution >= 0.6 is 0 Å². The Morgan fingerprint density at radius 2 is 1.90 bits per heavy atom. The lowest BCUT2D eigenvalue weighted by molar-refractivity contribution is -0.0198. The average Bonchev–Trinajstić information content (AvgIpc) is 2.52. The van der Waals surface area contributed by atoms with Gasteiger partial charge in [0.1, 0.15) is 5.75 Å². The lowest BCUT2D eigenvalue weighted by Crippen LogP contribution is -2.20. The molecule has 2 nitrogen and oxygen atoms in total. The summed E-state index contributed by atoms with van der Waals surface area (Å²) >= 11 is 0. The predicted octanol–water partition coefficient (Wildman–Crippen LogP) is 5.13. The van der Waals surface area contributed by atoms with E-state index < -0.39 is 0 Å². The molecule has 0 spiro atoms. The SMILES string of the molecule is CCCCC1CCC(c2ccc(OCCC)cc2)OC1. The largest absolute Gasteiger partial charge is 0.494 e. The summed E-state index contributed by atoms with van der Waals surface area (Å²) < 4.78 is 11.7. The van der Waals surface area contributed by atoms with Gasteiger partial charge < -0.3 is 9.47 Å². The normalized spacial score (nSPS) is 22.7. The van der Waals surface area contributed by atoms with Crippen LogP contribution in [0.3, 0.4) is 0 Å². The molecule has 0 saturated carbocycles. The summed E-state index contributed by atoms with van der Waals surface area (Å²) in [4.78, 5) is 0. The molecule has 2 unspecified atom stereocenters. The van der Waals surface area contributed by atoms with E-state index >= 15 is 0 Å². The quantitative estimate of drug-likeness (QED) is 0.687. The first-order valence-corrected chi connectivity index (χ1v) is 8.17. The van der Waals surface area contributed by atoms with E-state index in [1.165, 1.54) is 31.2 Å². The van der Waals surface area contributed by atoms with Gasteiger partial charge >= 0.3 is 0 Å². The van der Waals surface area contributed by atoms with Crippen molar-refractivity contribution in [1.82, 2.24) is 0 Å². The highest BCUT2D eigenvalue weighted by Crippen LogP contribution is 2.33.